The molecule has 0 aromatic heterocycles. The highest BCUT2D eigenvalue weighted by molar-refractivity contribution is 8.13. The van der Waals surface area contributed by atoms with Crippen molar-refractivity contribution in [2.45, 2.75) is 29.2 Å². The van der Waals surface area contributed by atoms with E-state index in [2.05, 4.69) is 4.72 Å². The lowest BCUT2D eigenvalue weighted by atomic mass is 10.3. The first kappa shape index (κ1) is 17.4. The third-order valence-corrected chi connectivity index (χ3v) is 5.45. The zero-order valence-electron chi connectivity index (χ0n) is 11.0. The van der Waals surface area contributed by atoms with Crippen LogP contribution in [-0.4, -0.2) is 36.6 Å². The van der Waals surface area contributed by atoms with Crippen LogP contribution in [0.15, 0.2) is 34.1 Å². The molecule has 1 unspecified atom stereocenters. The molecule has 0 heterocycles. The van der Waals surface area contributed by atoms with Gasteiger partial charge >= 0.3 is 0 Å². The first-order chi connectivity index (χ1) is 9.20. The maximum atomic E-state index is 12.2. The Bertz CT molecular complexity index is 657. The Morgan fingerprint density at radius 3 is 2.35 bits per heavy atom. The van der Waals surface area contributed by atoms with Gasteiger partial charge in [-0.15, -0.1) is 0 Å². The minimum Gasteiger partial charge on any atom is -0.383 e. The minimum atomic E-state index is -3.97. The summed E-state index contributed by atoms with van der Waals surface area (Å²) < 4.78 is 54.1. The van der Waals surface area contributed by atoms with E-state index in [1.54, 1.807) is 0 Å². The molecule has 0 aliphatic carbocycles. The fourth-order valence-electron chi connectivity index (χ4n) is 1.52. The van der Waals surface area contributed by atoms with Crippen molar-refractivity contribution >= 4 is 29.8 Å². The number of hydrogen-bond donors (Lipinski definition) is 1. The quantitative estimate of drug-likeness (QED) is 0.755. The van der Waals surface area contributed by atoms with Gasteiger partial charge in [-0.2, -0.15) is 0 Å². The van der Waals surface area contributed by atoms with E-state index in [1.165, 1.54) is 25.3 Å². The molecule has 0 aliphatic heterocycles. The van der Waals surface area contributed by atoms with Crippen LogP contribution >= 0.6 is 10.7 Å². The lowest BCUT2D eigenvalue weighted by Gasteiger charge is -2.16. The second-order valence-corrected chi connectivity index (χ2v) is 8.37. The van der Waals surface area contributed by atoms with Gasteiger partial charge in [-0.05, 0) is 24.6 Å². The van der Waals surface area contributed by atoms with Crippen molar-refractivity contribution in [3.63, 3.8) is 0 Å². The van der Waals surface area contributed by atoms with Crippen LogP contribution in [0.4, 0.5) is 0 Å². The highest BCUT2D eigenvalue weighted by atomic mass is 35.7. The summed E-state index contributed by atoms with van der Waals surface area (Å²) in [5.74, 6) is 0. The van der Waals surface area contributed by atoms with Gasteiger partial charge in [0.1, 0.15) is 0 Å². The molecule has 0 fully saturated rings. The Kier molecular flexibility index (Phi) is 5.96. The van der Waals surface area contributed by atoms with Crippen LogP contribution in [0.1, 0.15) is 13.3 Å². The molecule has 0 spiro atoms. The summed E-state index contributed by atoms with van der Waals surface area (Å²) in [5.41, 5.74) is 0. The third kappa shape index (κ3) is 4.71. The number of nitrogens with one attached hydrogen (secondary N) is 1. The maximum Gasteiger partial charge on any atom is 0.261 e. The number of benzene rings is 1. The van der Waals surface area contributed by atoms with E-state index in [1.807, 2.05) is 6.92 Å². The number of sulfonamides is 1. The molecule has 0 radical (unpaired) electrons. The van der Waals surface area contributed by atoms with E-state index in [9.17, 15) is 16.8 Å². The van der Waals surface area contributed by atoms with Gasteiger partial charge in [-0.25, -0.2) is 21.6 Å². The van der Waals surface area contributed by atoms with E-state index >= 15 is 0 Å². The highest BCUT2D eigenvalue weighted by Gasteiger charge is 2.21. The van der Waals surface area contributed by atoms with E-state index in [-0.39, 0.29) is 22.4 Å². The Hall–Kier alpha value is -0.670. The van der Waals surface area contributed by atoms with Crippen LogP contribution in [0, 0.1) is 0 Å². The smallest absolute Gasteiger partial charge is 0.261 e. The summed E-state index contributed by atoms with van der Waals surface area (Å²) in [7, 11) is -1.13. The van der Waals surface area contributed by atoms with Gasteiger partial charge in [-0.1, -0.05) is 13.0 Å². The van der Waals surface area contributed by atoms with Gasteiger partial charge in [0.2, 0.25) is 10.0 Å². The van der Waals surface area contributed by atoms with Gasteiger partial charge < -0.3 is 4.74 Å². The SMILES string of the molecule is CCC(COC)NS(=O)(=O)c1cccc(S(=O)(=O)Cl)c1. The molecule has 1 atom stereocenters. The summed E-state index contributed by atoms with van der Waals surface area (Å²) in [6, 6.07) is 4.48. The third-order valence-electron chi connectivity index (χ3n) is 2.58. The summed E-state index contributed by atoms with van der Waals surface area (Å²) in [6.45, 7) is 2.04. The molecule has 0 bridgehead atoms. The molecule has 0 amide bonds. The zero-order valence-corrected chi connectivity index (χ0v) is 13.4. The molecule has 0 saturated heterocycles. The summed E-state index contributed by atoms with van der Waals surface area (Å²) in [6.07, 6.45) is 0.542. The van der Waals surface area contributed by atoms with Gasteiger partial charge in [0.25, 0.3) is 9.05 Å². The second kappa shape index (κ2) is 6.86. The van der Waals surface area contributed by atoms with Gasteiger partial charge in [-0.3, -0.25) is 0 Å². The average molecular weight is 342 g/mol. The second-order valence-electron chi connectivity index (χ2n) is 4.09. The first-order valence-electron chi connectivity index (χ1n) is 5.76. The first-order valence-corrected chi connectivity index (χ1v) is 9.56. The van der Waals surface area contributed by atoms with Gasteiger partial charge in [0.15, 0.2) is 0 Å². The number of methoxy groups -OCH3 is 1. The topological polar surface area (TPSA) is 89.5 Å². The number of ether oxygens (including phenoxy) is 1. The fraction of sp³-hybridized carbons (Fsp3) is 0.455. The van der Waals surface area contributed by atoms with Crippen LogP contribution in [-0.2, 0) is 23.8 Å². The van der Waals surface area contributed by atoms with Crippen LogP contribution in [0.2, 0.25) is 0 Å². The number of rotatable bonds is 7. The van der Waals surface area contributed by atoms with Crippen molar-refractivity contribution in [2.24, 2.45) is 0 Å². The minimum absolute atomic E-state index is 0.159. The average Bonchev–Trinajstić information content (AvgIpc) is 2.37. The molecular formula is C11H16ClNO5S2. The van der Waals surface area contributed by atoms with E-state index in [4.69, 9.17) is 15.4 Å². The van der Waals surface area contributed by atoms with E-state index < -0.39 is 19.1 Å². The van der Waals surface area contributed by atoms with Gasteiger partial charge in [0.05, 0.1) is 16.4 Å². The monoisotopic (exact) mass is 341 g/mol. The Morgan fingerprint density at radius 2 is 1.85 bits per heavy atom. The highest BCUT2D eigenvalue weighted by Crippen LogP contribution is 2.19. The van der Waals surface area contributed by atoms with E-state index in [0.717, 1.165) is 6.07 Å². The molecule has 0 saturated carbocycles. The Labute approximate surface area is 123 Å². The zero-order chi connectivity index (χ0) is 15.4. The Balaban J connectivity index is 3.10. The van der Waals surface area contributed by atoms with Crippen LogP contribution in [0.5, 0.6) is 0 Å². The largest absolute Gasteiger partial charge is 0.383 e. The lowest BCUT2D eigenvalue weighted by Crippen LogP contribution is -2.37. The molecular weight excluding hydrogens is 326 g/mol. The predicted octanol–water partition coefficient (Wildman–Crippen LogP) is 1.32. The summed E-state index contributed by atoms with van der Waals surface area (Å²) >= 11 is 0. The molecule has 1 rings (SSSR count). The van der Waals surface area contributed by atoms with Crippen molar-refractivity contribution in [1.29, 1.82) is 0 Å². The molecule has 1 aromatic rings. The van der Waals surface area contributed by atoms with Crippen molar-refractivity contribution in [3.8, 4) is 0 Å². The molecule has 9 heteroatoms. The van der Waals surface area contributed by atoms with Crippen LogP contribution in [0.25, 0.3) is 0 Å². The normalized spacial score (nSPS) is 14.2. The van der Waals surface area contributed by atoms with Crippen LogP contribution < -0.4 is 4.72 Å². The van der Waals surface area contributed by atoms with Crippen LogP contribution in [0.3, 0.4) is 0 Å². The maximum absolute atomic E-state index is 12.2. The van der Waals surface area contributed by atoms with Crippen molar-refractivity contribution in [3.05, 3.63) is 24.3 Å². The van der Waals surface area contributed by atoms with E-state index in [0.29, 0.717) is 6.42 Å². The summed E-state index contributed by atoms with van der Waals surface area (Å²) in [5, 5.41) is 0. The predicted molar refractivity (Wildman–Crippen MR) is 75.8 cm³/mol. The lowest BCUT2D eigenvalue weighted by molar-refractivity contribution is 0.173. The number of halogens is 1. The standard InChI is InChI=1S/C11H16ClNO5S2/c1-3-9(8-18-2)13-20(16,17)11-6-4-5-10(7-11)19(12,14)15/h4-7,9,13H,3,8H2,1-2H3. The van der Waals surface area contributed by atoms with Crippen molar-refractivity contribution in [1.82, 2.24) is 4.72 Å². The molecule has 0 aliphatic rings. The molecule has 1 aromatic carbocycles. The van der Waals surface area contributed by atoms with Crippen molar-refractivity contribution in [2.75, 3.05) is 13.7 Å². The summed E-state index contributed by atoms with van der Waals surface area (Å²) in [4.78, 5) is -0.421. The number of hydrogen-bond acceptors (Lipinski definition) is 5. The molecule has 1 N–H and O–H groups in total. The molecule has 6 nitrogen and oxygen atoms in total. The van der Waals surface area contributed by atoms with Crippen molar-refractivity contribution < 1.29 is 21.6 Å². The van der Waals surface area contributed by atoms with Gasteiger partial charge in [0, 0.05) is 23.8 Å². The fourth-order valence-corrected chi connectivity index (χ4v) is 3.74. The molecule has 114 valence electrons. The molecule has 20 heavy (non-hydrogen) atoms. The Morgan fingerprint density at radius 1 is 1.25 bits per heavy atom.